The molecule has 1 heterocycles. The fourth-order valence-corrected chi connectivity index (χ4v) is 4.17. The standard InChI is InChI=1S/C28H34F3NO6/c1-4-27(2,3)26(36)38-17-19(34)16-37-20-11-10-18-14-22(21-8-5-6-9-23(21)28(29,30)31)25(35)32(12-7-13-33)24(18)15-20/h5-6,8-11,14-15,18-19,24,33-34H,4,7,12-13,16-17H2,1-3H3. The number of carbonyl (C=O) groups excluding carboxylic acids is 2. The lowest BCUT2D eigenvalue weighted by molar-refractivity contribution is -0.157. The Bertz CT molecular complexity index is 1110. The maximum absolute atomic E-state index is 13.7. The number of hydrogen-bond donors (Lipinski definition) is 2. The van der Waals surface area contributed by atoms with E-state index in [0.717, 1.165) is 6.07 Å². The predicted octanol–water partition coefficient (Wildman–Crippen LogP) is 4.11. The number of benzene rings is 1. The molecule has 3 rings (SSSR count). The summed E-state index contributed by atoms with van der Waals surface area (Å²) in [6.07, 6.45) is 1.67. The van der Waals surface area contributed by atoms with Gasteiger partial charge in [-0.3, -0.25) is 9.59 Å². The zero-order valence-corrected chi connectivity index (χ0v) is 21.7. The van der Waals surface area contributed by atoms with Crippen LogP contribution in [0.15, 0.2) is 54.3 Å². The van der Waals surface area contributed by atoms with Crippen molar-refractivity contribution in [2.75, 3.05) is 26.4 Å². The summed E-state index contributed by atoms with van der Waals surface area (Å²) in [7, 11) is 0. The second kappa shape index (κ2) is 12.2. The van der Waals surface area contributed by atoms with Gasteiger partial charge in [0.2, 0.25) is 0 Å². The molecule has 10 heteroatoms. The number of aliphatic hydroxyl groups is 2. The number of allylic oxidation sites excluding steroid dienone is 1. The van der Waals surface area contributed by atoms with Crippen LogP contribution in [0, 0.1) is 11.3 Å². The summed E-state index contributed by atoms with van der Waals surface area (Å²) in [5, 5.41) is 19.6. The van der Waals surface area contributed by atoms with Gasteiger partial charge in [0.25, 0.3) is 5.91 Å². The molecular weight excluding hydrogens is 503 g/mol. The van der Waals surface area contributed by atoms with E-state index >= 15 is 0 Å². The zero-order valence-electron chi connectivity index (χ0n) is 21.7. The number of alkyl halides is 3. The van der Waals surface area contributed by atoms with E-state index in [1.54, 1.807) is 32.1 Å². The normalized spacial score (nSPS) is 20.4. The van der Waals surface area contributed by atoms with Crippen molar-refractivity contribution < 1.29 is 42.4 Å². The highest BCUT2D eigenvalue weighted by molar-refractivity contribution is 6.21. The average Bonchev–Trinajstić information content (AvgIpc) is 2.89. The number of carbonyl (C=O) groups is 2. The SMILES string of the molecule is CCC(C)(C)C(=O)OCC(O)COC1=CC2C(C=C1)C=C(c1ccccc1C(F)(F)F)C(=O)N2CCCO. The summed E-state index contributed by atoms with van der Waals surface area (Å²) in [6, 6.07) is 4.42. The van der Waals surface area contributed by atoms with E-state index in [0.29, 0.717) is 12.2 Å². The first-order valence-electron chi connectivity index (χ1n) is 12.6. The van der Waals surface area contributed by atoms with Gasteiger partial charge in [0.15, 0.2) is 0 Å². The van der Waals surface area contributed by atoms with Crippen LogP contribution < -0.4 is 0 Å². The molecule has 0 saturated carbocycles. The van der Waals surface area contributed by atoms with E-state index in [1.807, 2.05) is 6.92 Å². The highest BCUT2D eigenvalue weighted by Crippen LogP contribution is 2.39. The van der Waals surface area contributed by atoms with Gasteiger partial charge in [-0.25, -0.2) is 0 Å². The molecule has 7 nitrogen and oxygen atoms in total. The van der Waals surface area contributed by atoms with E-state index < -0.39 is 47.1 Å². The van der Waals surface area contributed by atoms with Crippen molar-refractivity contribution in [3.8, 4) is 0 Å². The molecule has 2 N–H and O–H groups in total. The van der Waals surface area contributed by atoms with Crippen LogP contribution in [0.3, 0.4) is 0 Å². The minimum absolute atomic E-state index is 0.0493. The van der Waals surface area contributed by atoms with Crippen molar-refractivity contribution in [3.63, 3.8) is 0 Å². The van der Waals surface area contributed by atoms with Crippen LogP contribution in [-0.4, -0.2) is 65.5 Å². The molecule has 0 bridgehead atoms. The fraction of sp³-hybridized carbons (Fsp3) is 0.500. The Balaban J connectivity index is 1.77. The number of rotatable bonds is 11. The number of hydrogen-bond acceptors (Lipinski definition) is 6. The minimum Gasteiger partial charge on any atom is -0.491 e. The summed E-state index contributed by atoms with van der Waals surface area (Å²) >= 11 is 0. The number of ether oxygens (including phenoxy) is 2. The Morgan fingerprint density at radius 2 is 1.87 bits per heavy atom. The summed E-state index contributed by atoms with van der Waals surface area (Å²) < 4.78 is 51.9. The molecular formula is C28H34F3NO6. The average molecular weight is 538 g/mol. The molecule has 0 radical (unpaired) electrons. The quantitative estimate of drug-likeness (QED) is 0.413. The van der Waals surface area contributed by atoms with Crippen molar-refractivity contribution in [1.82, 2.24) is 4.90 Å². The maximum atomic E-state index is 13.7. The third-order valence-corrected chi connectivity index (χ3v) is 6.79. The molecule has 1 aliphatic heterocycles. The third kappa shape index (κ3) is 6.85. The summed E-state index contributed by atoms with van der Waals surface area (Å²) in [6.45, 7) is 4.90. The molecule has 0 fully saturated rings. The largest absolute Gasteiger partial charge is 0.491 e. The van der Waals surface area contributed by atoms with Gasteiger partial charge in [-0.15, -0.1) is 0 Å². The van der Waals surface area contributed by atoms with Crippen molar-refractivity contribution in [2.45, 2.75) is 51.9 Å². The number of nitrogens with zero attached hydrogens (tertiary/aromatic N) is 1. The minimum atomic E-state index is -4.63. The van der Waals surface area contributed by atoms with Crippen molar-refractivity contribution in [3.05, 3.63) is 65.5 Å². The monoisotopic (exact) mass is 537 g/mol. The Kier molecular flexibility index (Phi) is 9.43. The number of aliphatic hydroxyl groups excluding tert-OH is 2. The van der Waals surface area contributed by atoms with Crippen LogP contribution in [0.4, 0.5) is 13.2 Å². The van der Waals surface area contributed by atoms with Crippen LogP contribution >= 0.6 is 0 Å². The fourth-order valence-electron chi connectivity index (χ4n) is 4.17. The second-order valence-corrected chi connectivity index (χ2v) is 10.00. The van der Waals surface area contributed by atoms with E-state index in [4.69, 9.17) is 9.47 Å². The molecule has 0 spiro atoms. The van der Waals surface area contributed by atoms with Gasteiger partial charge in [0, 0.05) is 24.6 Å². The Labute approximate surface area is 220 Å². The molecule has 0 aromatic heterocycles. The Morgan fingerprint density at radius 3 is 2.53 bits per heavy atom. The predicted molar refractivity (Wildman–Crippen MR) is 134 cm³/mol. The van der Waals surface area contributed by atoms with Crippen LogP contribution in [0.2, 0.25) is 0 Å². The van der Waals surface area contributed by atoms with Crippen LogP contribution in [0.1, 0.15) is 44.7 Å². The Morgan fingerprint density at radius 1 is 1.16 bits per heavy atom. The molecule has 208 valence electrons. The first-order valence-corrected chi connectivity index (χ1v) is 12.6. The van der Waals surface area contributed by atoms with E-state index in [1.165, 1.54) is 29.2 Å². The molecule has 3 unspecified atom stereocenters. The molecule has 2 aliphatic rings. The first-order chi connectivity index (χ1) is 17.9. The molecule has 1 aromatic rings. The molecule has 1 aliphatic carbocycles. The topological polar surface area (TPSA) is 96.3 Å². The zero-order chi connectivity index (χ0) is 28.1. The summed E-state index contributed by atoms with van der Waals surface area (Å²) in [5.74, 6) is -1.06. The van der Waals surface area contributed by atoms with Crippen molar-refractivity contribution in [2.24, 2.45) is 11.3 Å². The summed E-state index contributed by atoms with van der Waals surface area (Å²) in [4.78, 5) is 27.0. The van der Waals surface area contributed by atoms with Crippen LogP contribution in [-0.2, 0) is 25.2 Å². The molecule has 1 amide bonds. The number of amides is 1. The van der Waals surface area contributed by atoms with Gasteiger partial charge >= 0.3 is 12.1 Å². The second-order valence-electron chi connectivity index (χ2n) is 10.00. The Hall–Kier alpha value is -3.11. The van der Waals surface area contributed by atoms with E-state index in [-0.39, 0.29) is 43.9 Å². The number of fused-ring (bicyclic) bond motifs is 1. The van der Waals surface area contributed by atoms with Gasteiger partial charge in [0.05, 0.1) is 17.0 Å². The van der Waals surface area contributed by atoms with Gasteiger partial charge in [-0.2, -0.15) is 13.2 Å². The van der Waals surface area contributed by atoms with Crippen molar-refractivity contribution in [1.29, 1.82) is 0 Å². The summed E-state index contributed by atoms with van der Waals surface area (Å²) in [5.41, 5.74) is -1.80. The third-order valence-electron chi connectivity index (χ3n) is 6.79. The van der Waals surface area contributed by atoms with Gasteiger partial charge < -0.3 is 24.6 Å². The number of esters is 1. The molecule has 38 heavy (non-hydrogen) atoms. The lowest BCUT2D eigenvalue weighted by atomic mass is 9.84. The van der Waals surface area contributed by atoms with Gasteiger partial charge in [-0.1, -0.05) is 37.3 Å². The highest BCUT2D eigenvalue weighted by Gasteiger charge is 2.40. The lowest BCUT2D eigenvalue weighted by Crippen LogP contribution is -2.48. The first kappa shape index (κ1) is 29.4. The van der Waals surface area contributed by atoms with Crippen molar-refractivity contribution >= 4 is 17.4 Å². The van der Waals surface area contributed by atoms with E-state index in [2.05, 4.69) is 0 Å². The molecule has 0 saturated heterocycles. The van der Waals surface area contributed by atoms with Crippen LogP contribution in [0.25, 0.3) is 5.57 Å². The van der Waals surface area contributed by atoms with E-state index in [9.17, 15) is 33.0 Å². The van der Waals surface area contributed by atoms with Crippen LogP contribution in [0.5, 0.6) is 0 Å². The van der Waals surface area contributed by atoms with Gasteiger partial charge in [-0.05, 0) is 50.5 Å². The molecule has 3 atom stereocenters. The highest BCUT2D eigenvalue weighted by atomic mass is 19.4. The molecule has 1 aromatic carbocycles. The smallest absolute Gasteiger partial charge is 0.417 e. The van der Waals surface area contributed by atoms with Gasteiger partial charge in [0.1, 0.15) is 25.1 Å². The maximum Gasteiger partial charge on any atom is 0.417 e. The number of halogens is 3. The lowest BCUT2D eigenvalue weighted by Gasteiger charge is -2.39.